The number of aromatic nitrogens is 4. The Morgan fingerprint density at radius 3 is 2.68 bits per heavy atom. The second kappa shape index (κ2) is 6.20. The lowest BCUT2D eigenvalue weighted by Crippen LogP contribution is -1.96. The number of H-pyrrole nitrogens is 1. The topological polar surface area (TPSA) is 75.7 Å². The van der Waals surface area contributed by atoms with Crippen LogP contribution in [0.1, 0.15) is 11.1 Å². The number of hydrogen-bond acceptors (Lipinski definition) is 5. The molecule has 0 spiro atoms. The van der Waals surface area contributed by atoms with Gasteiger partial charge >= 0.3 is 0 Å². The number of nitrogens with zero attached hydrogens (tertiary/aromatic N) is 3. The summed E-state index contributed by atoms with van der Waals surface area (Å²) in [6.07, 6.45) is 5.38. The Hall–Kier alpha value is -3.67. The maximum atomic E-state index is 5.45. The standard InChI is InChI=1S/C22H19N5O/c1-12-13(2)18(28-3)7-6-14(12)22-26-19-15-8-10-23-11-17(15)25-21-16(20(19)27-22)5-4-9-24-21/h4-11H,1-3H3,(H,24,25)(H,26,27). The van der Waals surface area contributed by atoms with Gasteiger partial charge in [-0.1, -0.05) is 0 Å². The van der Waals surface area contributed by atoms with Crippen molar-refractivity contribution in [3.05, 3.63) is 60.0 Å². The molecule has 138 valence electrons. The minimum Gasteiger partial charge on any atom is -0.496 e. The summed E-state index contributed by atoms with van der Waals surface area (Å²) in [6, 6.07) is 9.98. The van der Waals surface area contributed by atoms with E-state index in [0.717, 1.165) is 62.3 Å². The summed E-state index contributed by atoms with van der Waals surface area (Å²) >= 11 is 0. The molecule has 0 saturated heterocycles. The van der Waals surface area contributed by atoms with Gasteiger partial charge < -0.3 is 15.0 Å². The molecule has 6 heteroatoms. The maximum Gasteiger partial charge on any atom is 0.139 e. The van der Waals surface area contributed by atoms with E-state index in [9.17, 15) is 0 Å². The number of rotatable bonds is 2. The summed E-state index contributed by atoms with van der Waals surface area (Å²) in [5.41, 5.74) is 8.02. The van der Waals surface area contributed by atoms with Crippen molar-refractivity contribution in [1.29, 1.82) is 0 Å². The number of aromatic amines is 1. The smallest absolute Gasteiger partial charge is 0.139 e. The minimum absolute atomic E-state index is 0.774. The first-order valence-corrected chi connectivity index (χ1v) is 9.08. The Labute approximate surface area is 162 Å². The lowest BCUT2D eigenvalue weighted by Gasteiger charge is -2.11. The van der Waals surface area contributed by atoms with Crippen LogP contribution in [0.5, 0.6) is 5.75 Å². The summed E-state index contributed by atoms with van der Waals surface area (Å²) in [7, 11) is 1.69. The zero-order valence-electron chi connectivity index (χ0n) is 15.9. The van der Waals surface area contributed by atoms with Crippen molar-refractivity contribution in [2.24, 2.45) is 0 Å². The molecule has 2 N–H and O–H groups in total. The number of methoxy groups -OCH3 is 1. The maximum absolute atomic E-state index is 5.45. The van der Waals surface area contributed by atoms with E-state index in [4.69, 9.17) is 9.72 Å². The van der Waals surface area contributed by atoms with Crippen LogP contribution in [0, 0.1) is 13.8 Å². The fourth-order valence-corrected chi connectivity index (χ4v) is 3.70. The number of anilines is 2. The van der Waals surface area contributed by atoms with Crippen molar-refractivity contribution in [2.75, 3.05) is 12.4 Å². The first-order chi connectivity index (χ1) is 13.7. The SMILES string of the molecule is COc1ccc(-c2nc3c([nH]2)-c2ccncc2Nc2ncccc2-3)c(C)c1C. The number of hydrogen-bond donors (Lipinski definition) is 2. The molecule has 4 heterocycles. The van der Waals surface area contributed by atoms with Crippen molar-refractivity contribution in [3.63, 3.8) is 0 Å². The van der Waals surface area contributed by atoms with E-state index in [0.29, 0.717) is 0 Å². The highest BCUT2D eigenvalue weighted by molar-refractivity contribution is 5.95. The van der Waals surface area contributed by atoms with Gasteiger partial charge in [0.25, 0.3) is 0 Å². The molecule has 1 aliphatic heterocycles. The van der Waals surface area contributed by atoms with Crippen LogP contribution in [0.3, 0.4) is 0 Å². The second-order valence-corrected chi connectivity index (χ2v) is 6.82. The molecular formula is C22H19N5O. The molecule has 4 aromatic rings. The van der Waals surface area contributed by atoms with Crippen LogP contribution in [0.4, 0.5) is 11.5 Å². The van der Waals surface area contributed by atoms with E-state index in [1.165, 1.54) is 0 Å². The molecule has 0 radical (unpaired) electrons. The number of pyridine rings is 2. The van der Waals surface area contributed by atoms with Crippen LogP contribution in [0.15, 0.2) is 48.9 Å². The van der Waals surface area contributed by atoms with Crippen molar-refractivity contribution in [2.45, 2.75) is 13.8 Å². The summed E-state index contributed by atoms with van der Waals surface area (Å²) in [5.74, 6) is 2.48. The number of ether oxygens (including phenoxy) is 1. The first kappa shape index (κ1) is 16.5. The zero-order chi connectivity index (χ0) is 19.3. The fourth-order valence-electron chi connectivity index (χ4n) is 3.70. The predicted octanol–water partition coefficient (Wildman–Crippen LogP) is 4.88. The fraction of sp³-hybridized carbons (Fsp3) is 0.136. The molecule has 0 bridgehead atoms. The first-order valence-electron chi connectivity index (χ1n) is 9.08. The Kier molecular flexibility index (Phi) is 3.65. The molecule has 0 atom stereocenters. The van der Waals surface area contributed by atoms with Crippen molar-refractivity contribution in [3.8, 4) is 39.7 Å². The van der Waals surface area contributed by atoms with Crippen LogP contribution in [0.2, 0.25) is 0 Å². The molecule has 1 aromatic carbocycles. The molecule has 3 aromatic heterocycles. The Balaban J connectivity index is 1.77. The van der Waals surface area contributed by atoms with Crippen LogP contribution >= 0.6 is 0 Å². The van der Waals surface area contributed by atoms with Gasteiger partial charge in [-0.05, 0) is 55.3 Å². The lowest BCUT2D eigenvalue weighted by atomic mass is 10.0. The largest absolute Gasteiger partial charge is 0.496 e. The second-order valence-electron chi connectivity index (χ2n) is 6.82. The van der Waals surface area contributed by atoms with E-state index in [1.54, 1.807) is 19.5 Å². The van der Waals surface area contributed by atoms with Gasteiger partial charge in [-0.3, -0.25) is 4.98 Å². The van der Waals surface area contributed by atoms with Gasteiger partial charge in [0.05, 0.1) is 24.7 Å². The van der Waals surface area contributed by atoms with E-state index < -0.39 is 0 Å². The van der Waals surface area contributed by atoms with E-state index >= 15 is 0 Å². The number of fused-ring (bicyclic) bond motifs is 5. The molecule has 6 nitrogen and oxygen atoms in total. The normalized spacial score (nSPS) is 11.7. The van der Waals surface area contributed by atoms with E-state index in [-0.39, 0.29) is 0 Å². The minimum atomic E-state index is 0.774. The van der Waals surface area contributed by atoms with Gasteiger partial charge in [-0.15, -0.1) is 0 Å². The monoisotopic (exact) mass is 369 g/mol. The molecule has 28 heavy (non-hydrogen) atoms. The van der Waals surface area contributed by atoms with Gasteiger partial charge in [-0.25, -0.2) is 9.97 Å². The van der Waals surface area contributed by atoms with Gasteiger partial charge in [0, 0.05) is 29.1 Å². The third-order valence-corrected chi connectivity index (χ3v) is 5.32. The zero-order valence-corrected chi connectivity index (χ0v) is 15.9. The third-order valence-electron chi connectivity index (χ3n) is 5.32. The van der Waals surface area contributed by atoms with Gasteiger partial charge in [0.15, 0.2) is 0 Å². The molecule has 0 unspecified atom stereocenters. The summed E-state index contributed by atoms with van der Waals surface area (Å²) < 4.78 is 5.45. The molecular weight excluding hydrogens is 350 g/mol. The molecule has 0 amide bonds. The summed E-state index contributed by atoms with van der Waals surface area (Å²) in [6.45, 7) is 4.16. The number of imidazole rings is 1. The van der Waals surface area contributed by atoms with Crippen molar-refractivity contribution in [1.82, 2.24) is 19.9 Å². The highest BCUT2D eigenvalue weighted by Crippen LogP contribution is 2.43. The number of benzene rings is 1. The van der Waals surface area contributed by atoms with Crippen molar-refractivity contribution >= 4 is 11.5 Å². The summed E-state index contributed by atoms with van der Waals surface area (Å²) in [5, 5.41) is 3.38. The highest BCUT2D eigenvalue weighted by atomic mass is 16.5. The van der Waals surface area contributed by atoms with Gasteiger partial charge in [0.1, 0.15) is 23.1 Å². The molecule has 0 saturated carbocycles. The van der Waals surface area contributed by atoms with Crippen molar-refractivity contribution < 1.29 is 4.74 Å². The van der Waals surface area contributed by atoms with Gasteiger partial charge in [-0.2, -0.15) is 0 Å². The average molecular weight is 369 g/mol. The van der Waals surface area contributed by atoms with Crippen LogP contribution in [-0.4, -0.2) is 27.0 Å². The Bertz CT molecular complexity index is 1150. The van der Waals surface area contributed by atoms with E-state index in [2.05, 4.69) is 40.2 Å². The highest BCUT2D eigenvalue weighted by Gasteiger charge is 2.24. The lowest BCUT2D eigenvalue weighted by molar-refractivity contribution is 0.411. The molecule has 1 aliphatic rings. The third kappa shape index (κ3) is 2.38. The molecule has 5 rings (SSSR count). The van der Waals surface area contributed by atoms with Crippen LogP contribution < -0.4 is 10.1 Å². The predicted molar refractivity (Wildman–Crippen MR) is 110 cm³/mol. The Morgan fingerprint density at radius 2 is 1.82 bits per heavy atom. The van der Waals surface area contributed by atoms with E-state index in [1.807, 2.05) is 30.5 Å². The quantitative estimate of drug-likeness (QED) is 0.464. The average Bonchev–Trinajstić information content (AvgIpc) is 3.10. The van der Waals surface area contributed by atoms with Crippen LogP contribution in [0.25, 0.3) is 33.9 Å². The summed E-state index contributed by atoms with van der Waals surface area (Å²) in [4.78, 5) is 17.3. The Morgan fingerprint density at radius 1 is 0.929 bits per heavy atom. The number of nitrogens with one attached hydrogen (secondary N) is 2. The van der Waals surface area contributed by atoms with Gasteiger partial charge in [0.2, 0.25) is 0 Å². The molecule has 0 fully saturated rings. The molecule has 0 aliphatic carbocycles. The van der Waals surface area contributed by atoms with Crippen LogP contribution in [-0.2, 0) is 0 Å².